The van der Waals surface area contributed by atoms with Crippen LogP contribution < -0.4 is 4.74 Å². The summed E-state index contributed by atoms with van der Waals surface area (Å²) in [7, 11) is 1.68. The maximum absolute atomic E-state index is 11.8. The third kappa shape index (κ3) is 3.54. The lowest BCUT2D eigenvalue weighted by atomic mass is 9.71. The molecular weight excluding hydrogens is 384 g/mol. The van der Waals surface area contributed by atoms with Crippen LogP contribution in [-0.4, -0.2) is 40.8 Å². The van der Waals surface area contributed by atoms with Crippen LogP contribution >= 0.6 is 0 Å². The summed E-state index contributed by atoms with van der Waals surface area (Å²) in [6, 6.07) is 18.8. The third-order valence-corrected chi connectivity index (χ3v) is 7.68. The summed E-state index contributed by atoms with van der Waals surface area (Å²) >= 11 is 0. The number of rotatable bonds is 6. The van der Waals surface area contributed by atoms with Crippen molar-refractivity contribution in [2.75, 3.05) is 20.2 Å². The summed E-state index contributed by atoms with van der Waals surface area (Å²) in [6.45, 7) is 7.25. The van der Waals surface area contributed by atoms with Gasteiger partial charge >= 0.3 is 0 Å². The quantitative estimate of drug-likeness (QED) is 0.460. The number of fused-ring (bicyclic) bond motifs is 4. The SMILES string of the molecule is C=C[C@H]1C[N@@+]2(Cc3ccccc3)CC[C@@H]1C[C@H]2[C@H](O)c1ccnc2ccc(OC)cc12. The third-order valence-electron chi connectivity index (χ3n) is 7.68. The fourth-order valence-electron chi connectivity index (χ4n) is 6.07. The van der Waals surface area contributed by atoms with Gasteiger partial charge < -0.3 is 14.3 Å². The molecule has 160 valence electrons. The Morgan fingerprint density at radius 2 is 2.06 bits per heavy atom. The summed E-state index contributed by atoms with van der Waals surface area (Å²) in [5.74, 6) is 1.92. The van der Waals surface area contributed by atoms with Gasteiger partial charge in [-0.05, 0) is 35.7 Å². The van der Waals surface area contributed by atoms with Crippen molar-refractivity contribution in [3.63, 3.8) is 0 Å². The maximum Gasteiger partial charge on any atom is 0.131 e. The number of methoxy groups -OCH3 is 1. The van der Waals surface area contributed by atoms with Crippen LogP contribution in [0.15, 0.2) is 73.4 Å². The van der Waals surface area contributed by atoms with E-state index in [2.05, 4.69) is 48.0 Å². The number of aromatic nitrogens is 1. The highest BCUT2D eigenvalue weighted by Gasteiger charge is 2.53. The fourth-order valence-corrected chi connectivity index (χ4v) is 6.07. The van der Waals surface area contributed by atoms with E-state index in [9.17, 15) is 5.11 Å². The first-order chi connectivity index (χ1) is 15.1. The van der Waals surface area contributed by atoms with Crippen LogP contribution in [0.25, 0.3) is 10.9 Å². The number of hydrogen-bond acceptors (Lipinski definition) is 3. The van der Waals surface area contributed by atoms with E-state index < -0.39 is 6.10 Å². The average Bonchev–Trinajstić information content (AvgIpc) is 2.83. The fraction of sp³-hybridized carbons (Fsp3) is 0.370. The van der Waals surface area contributed by atoms with Gasteiger partial charge in [0.25, 0.3) is 0 Å². The summed E-state index contributed by atoms with van der Waals surface area (Å²) in [5.41, 5.74) is 3.19. The molecule has 0 unspecified atom stereocenters. The molecule has 3 aliphatic rings. The van der Waals surface area contributed by atoms with Crippen LogP contribution in [0.1, 0.15) is 30.1 Å². The van der Waals surface area contributed by atoms with Crippen LogP contribution in [0, 0.1) is 11.8 Å². The smallest absolute Gasteiger partial charge is 0.131 e. The number of ether oxygens (including phenoxy) is 1. The standard InChI is InChI=1S/C27H31N2O2/c1-3-20-18-29(17-19-7-5-4-6-8-19)14-12-21(20)15-26(29)27(30)23-11-13-28-25-10-9-22(31-2)16-24(23)25/h3-11,13,16,20-21,26-27,30H,1,12,14-15,17-18H2,2H3/q+1/t20-,21+,26-,27+,29-/m0/s1. The molecule has 0 aliphatic carbocycles. The van der Waals surface area contributed by atoms with E-state index >= 15 is 0 Å². The highest BCUT2D eigenvalue weighted by atomic mass is 16.5. The molecule has 3 aliphatic heterocycles. The highest BCUT2D eigenvalue weighted by molar-refractivity contribution is 5.83. The van der Waals surface area contributed by atoms with Gasteiger partial charge in [0, 0.05) is 35.9 Å². The number of aliphatic hydroxyl groups excluding tert-OH is 1. The molecule has 3 aromatic rings. The van der Waals surface area contributed by atoms with Crippen molar-refractivity contribution in [2.24, 2.45) is 11.8 Å². The van der Waals surface area contributed by atoms with Gasteiger partial charge in [-0.25, -0.2) is 0 Å². The summed E-state index contributed by atoms with van der Waals surface area (Å²) in [6.07, 6.45) is 5.65. The molecule has 31 heavy (non-hydrogen) atoms. The van der Waals surface area contributed by atoms with Crippen molar-refractivity contribution in [2.45, 2.75) is 31.5 Å². The average molecular weight is 416 g/mol. The normalized spacial score (nSPS) is 28.4. The van der Waals surface area contributed by atoms with E-state index in [1.54, 1.807) is 7.11 Å². The Labute approximate surface area is 184 Å². The molecule has 4 heterocycles. The molecule has 0 radical (unpaired) electrons. The molecule has 2 aromatic carbocycles. The zero-order valence-electron chi connectivity index (χ0n) is 18.2. The number of hydrogen-bond donors (Lipinski definition) is 1. The van der Waals surface area contributed by atoms with Crippen molar-refractivity contribution in [1.82, 2.24) is 4.98 Å². The van der Waals surface area contributed by atoms with E-state index in [0.717, 1.165) is 52.8 Å². The lowest BCUT2D eigenvalue weighted by Crippen LogP contribution is -2.67. The van der Waals surface area contributed by atoms with Crippen molar-refractivity contribution in [3.05, 3.63) is 84.6 Å². The Hall–Kier alpha value is -2.69. The van der Waals surface area contributed by atoms with Crippen LogP contribution in [0.4, 0.5) is 0 Å². The monoisotopic (exact) mass is 415 g/mol. The number of benzene rings is 2. The van der Waals surface area contributed by atoms with Gasteiger partial charge in [-0.15, -0.1) is 6.58 Å². The molecule has 0 spiro atoms. The minimum absolute atomic E-state index is 0.159. The van der Waals surface area contributed by atoms with Gasteiger partial charge in [-0.3, -0.25) is 4.98 Å². The largest absolute Gasteiger partial charge is 0.497 e. The van der Waals surface area contributed by atoms with E-state index in [4.69, 9.17) is 4.74 Å². The number of aliphatic hydroxyl groups is 1. The summed E-state index contributed by atoms with van der Waals surface area (Å²) in [5, 5.41) is 12.8. The molecule has 4 nitrogen and oxygen atoms in total. The van der Waals surface area contributed by atoms with Gasteiger partial charge in [0.05, 0.1) is 25.7 Å². The van der Waals surface area contributed by atoms with Crippen LogP contribution in [-0.2, 0) is 6.54 Å². The van der Waals surface area contributed by atoms with Crippen LogP contribution in [0.3, 0.4) is 0 Å². The molecule has 3 fully saturated rings. The van der Waals surface area contributed by atoms with Gasteiger partial charge in [-0.2, -0.15) is 0 Å². The Kier molecular flexibility index (Phi) is 5.28. The zero-order chi connectivity index (χ0) is 21.4. The molecular formula is C27H31N2O2+. The lowest BCUT2D eigenvalue weighted by molar-refractivity contribution is -0.984. The molecule has 1 N–H and O–H groups in total. The highest BCUT2D eigenvalue weighted by Crippen LogP contribution is 2.48. The van der Waals surface area contributed by atoms with Crippen molar-refractivity contribution in [1.29, 1.82) is 0 Å². The Balaban J connectivity index is 1.56. The number of nitrogens with zero attached hydrogens (tertiary/aromatic N) is 2. The molecule has 0 saturated carbocycles. The molecule has 1 aromatic heterocycles. The number of pyridine rings is 1. The van der Waals surface area contributed by atoms with Gasteiger partial charge in [0.15, 0.2) is 0 Å². The maximum atomic E-state index is 11.8. The minimum Gasteiger partial charge on any atom is -0.497 e. The van der Waals surface area contributed by atoms with Crippen molar-refractivity contribution < 1.29 is 14.3 Å². The van der Waals surface area contributed by atoms with Gasteiger partial charge in [0.1, 0.15) is 24.4 Å². The van der Waals surface area contributed by atoms with Gasteiger partial charge in [-0.1, -0.05) is 36.4 Å². The zero-order valence-corrected chi connectivity index (χ0v) is 18.2. The Morgan fingerprint density at radius 3 is 2.84 bits per heavy atom. The topological polar surface area (TPSA) is 42.4 Å². The summed E-state index contributed by atoms with van der Waals surface area (Å²) in [4.78, 5) is 4.52. The predicted octanol–water partition coefficient (Wildman–Crippen LogP) is 4.89. The second kappa shape index (κ2) is 8.10. The Morgan fingerprint density at radius 1 is 1.23 bits per heavy atom. The lowest BCUT2D eigenvalue weighted by Gasteiger charge is -2.58. The second-order valence-corrected chi connectivity index (χ2v) is 9.25. The van der Waals surface area contributed by atoms with E-state index in [1.807, 2.05) is 30.5 Å². The van der Waals surface area contributed by atoms with Crippen LogP contribution in [0.5, 0.6) is 5.75 Å². The van der Waals surface area contributed by atoms with E-state index in [-0.39, 0.29) is 6.04 Å². The van der Waals surface area contributed by atoms with E-state index in [0.29, 0.717) is 11.8 Å². The molecule has 6 rings (SSSR count). The Bertz CT molecular complexity index is 1080. The van der Waals surface area contributed by atoms with Crippen molar-refractivity contribution in [3.8, 4) is 5.75 Å². The molecule has 3 saturated heterocycles. The van der Waals surface area contributed by atoms with Crippen LogP contribution in [0.2, 0.25) is 0 Å². The van der Waals surface area contributed by atoms with E-state index in [1.165, 1.54) is 12.0 Å². The first kappa shape index (κ1) is 20.2. The van der Waals surface area contributed by atoms with Gasteiger partial charge in [0.2, 0.25) is 0 Å². The molecule has 4 heteroatoms. The number of quaternary nitrogens is 1. The first-order valence-electron chi connectivity index (χ1n) is 11.3. The first-order valence-corrected chi connectivity index (χ1v) is 11.3. The second-order valence-electron chi connectivity index (χ2n) is 9.25. The predicted molar refractivity (Wildman–Crippen MR) is 124 cm³/mol. The number of piperidine rings is 3. The van der Waals surface area contributed by atoms with Crippen molar-refractivity contribution >= 4 is 10.9 Å². The molecule has 0 amide bonds. The molecule has 2 bridgehead atoms. The minimum atomic E-state index is -0.546. The molecule has 5 atom stereocenters. The summed E-state index contributed by atoms with van der Waals surface area (Å²) < 4.78 is 6.38.